The zero-order valence-corrected chi connectivity index (χ0v) is 12.0. The highest BCUT2D eigenvalue weighted by molar-refractivity contribution is 5.98. The van der Waals surface area contributed by atoms with E-state index in [4.69, 9.17) is 4.74 Å². The maximum atomic E-state index is 13.3. The van der Waals surface area contributed by atoms with Crippen molar-refractivity contribution in [2.75, 3.05) is 6.61 Å². The molecule has 24 heavy (non-hydrogen) atoms. The Kier molecular flexibility index (Phi) is 3.79. The van der Waals surface area contributed by atoms with Crippen LogP contribution in [0, 0.1) is 5.82 Å². The first-order chi connectivity index (χ1) is 11.3. The average Bonchev–Trinajstić information content (AvgIpc) is 2.52. The molecule has 1 aliphatic heterocycles. The molecule has 0 spiro atoms. The zero-order valence-electron chi connectivity index (χ0n) is 12.0. The van der Waals surface area contributed by atoms with Crippen LogP contribution in [0.4, 0.5) is 17.6 Å². The fourth-order valence-corrected chi connectivity index (χ4v) is 2.55. The van der Waals surface area contributed by atoms with Gasteiger partial charge in [0.1, 0.15) is 18.2 Å². The van der Waals surface area contributed by atoms with E-state index in [0.29, 0.717) is 5.56 Å². The van der Waals surface area contributed by atoms with E-state index in [9.17, 15) is 27.5 Å². The number of fused-ring (bicyclic) bond motifs is 1. The number of halogens is 4. The molecule has 0 fully saturated rings. The minimum absolute atomic E-state index is 0.00108. The van der Waals surface area contributed by atoms with Crippen LogP contribution >= 0.6 is 0 Å². The Labute approximate surface area is 133 Å². The smallest absolute Gasteiger partial charge is 0.416 e. The van der Waals surface area contributed by atoms with Crippen LogP contribution in [0.3, 0.4) is 0 Å². The van der Waals surface area contributed by atoms with Crippen molar-refractivity contribution in [1.82, 2.24) is 0 Å². The third kappa shape index (κ3) is 2.84. The van der Waals surface area contributed by atoms with Gasteiger partial charge >= 0.3 is 12.1 Å². The lowest BCUT2D eigenvalue weighted by atomic mass is 9.90. The van der Waals surface area contributed by atoms with E-state index in [1.807, 2.05) is 0 Å². The maximum Gasteiger partial charge on any atom is 0.416 e. The van der Waals surface area contributed by atoms with Gasteiger partial charge < -0.3 is 9.84 Å². The van der Waals surface area contributed by atoms with E-state index in [-0.39, 0.29) is 29.1 Å². The van der Waals surface area contributed by atoms with Gasteiger partial charge in [-0.3, -0.25) is 0 Å². The van der Waals surface area contributed by atoms with Gasteiger partial charge in [-0.2, -0.15) is 13.2 Å². The first kappa shape index (κ1) is 16.0. The molecule has 0 saturated carbocycles. The van der Waals surface area contributed by atoms with Crippen molar-refractivity contribution in [2.24, 2.45) is 0 Å². The number of carboxylic acids is 1. The summed E-state index contributed by atoms with van der Waals surface area (Å²) in [5.74, 6) is -1.76. The van der Waals surface area contributed by atoms with Gasteiger partial charge in [0.2, 0.25) is 0 Å². The first-order valence-electron chi connectivity index (χ1n) is 6.85. The summed E-state index contributed by atoms with van der Waals surface area (Å²) in [5.41, 5.74) is -0.720. The van der Waals surface area contributed by atoms with Crippen LogP contribution < -0.4 is 4.74 Å². The number of hydrogen-bond acceptors (Lipinski definition) is 2. The van der Waals surface area contributed by atoms with E-state index in [2.05, 4.69) is 0 Å². The molecule has 2 aromatic carbocycles. The molecule has 0 aliphatic carbocycles. The van der Waals surface area contributed by atoms with Crippen molar-refractivity contribution >= 4 is 11.5 Å². The molecule has 0 unspecified atom stereocenters. The first-order valence-corrected chi connectivity index (χ1v) is 6.85. The topological polar surface area (TPSA) is 46.5 Å². The van der Waals surface area contributed by atoms with Gasteiger partial charge in [-0.15, -0.1) is 0 Å². The average molecular weight is 338 g/mol. The van der Waals surface area contributed by atoms with Gasteiger partial charge in [0, 0.05) is 11.6 Å². The van der Waals surface area contributed by atoms with Crippen molar-refractivity contribution in [3.05, 3.63) is 70.5 Å². The van der Waals surface area contributed by atoms with Crippen molar-refractivity contribution in [3.63, 3.8) is 0 Å². The molecular formula is C17H10F4O3. The van der Waals surface area contributed by atoms with Crippen LogP contribution in [0.2, 0.25) is 0 Å². The van der Waals surface area contributed by atoms with E-state index in [1.54, 1.807) is 0 Å². The summed E-state index contributed by atoms with van der Waals surface area (Å²) in [6, 6.07) is 6.01. The molecule has 124 valence electrons. The fourth-order valence-electron chi connectivity index (χ4n) is 2.55. The molecule has 1 aliphatic rings. The Bertz CT molecular complexity index is 853. The summed E-state index contributed by atoms with van der Waals surface area (Å²) < 4.78 is 57.5. The van der Waals surface area contributed by atoms with Crippen molar-refractivity contribution < 1.29 is 32.2 Å². The molecule has 0 amide bonds. The largest absolute Gasteiger partial charge is 0.489 e. The third-order valence-electron chi connectivity index (χ3n) is 3.63. The number of aromatic carboxylic acids is 1. The number of alkyl halides is 3. The summed E-state index contributed by atoms with van der Waals surface area (Å²) in [7, 11) is 0. The number of carbonyl (C=O) groups is 1. The van der Waals surface area contributed by atoms with Gasteiger partial charge in [-0.05, 0) is 47.5 Å². The highest BCUT2D eigenvalue weighted by atomic mass is 19.4. The van der Waals surface area contributed by atoms with E-state index in [1.165, 1.54) is 12.1 Å². The molecule has 1 N–H and O–H groups in total. The van der Waals surface area contributed by atoms with Gasteiger partial charge in [0.25, 0.3) is 0 Å². The van der Waals surface area contributed by atoms with Crippen molar-refractivity contribution in [2.45, 2.75) is 6.18 Å². The predicted octanol–water partition coefficient (Wildman–Crippen LogP) is 4.37. The second kappa shape index (κ2) is 5.67. The molecule has 7 heteroatoms. The molecule has 0 bridgehead atoms. The highest BCUT2D eigenvalue weighted by Gasteiger charge is 2.32. The standard InChI is InChI=1S/C17H10F4O3/c18-10-2-4-12-11(5-6-24-15(12)8-10)14-7-9(17(19,20)21)1-3-13(14)16(22)23/h1-5,7-8H,6H2,(H,22,23). The van der Waals surface area contributed by atoms with Crippen LogP contribution in [0.1, 0.15) is 27.0 Å². The second-order valence-electron chi connectivity index (χ2n) is 5.13. The summed E-state index contributed by atoms with van der Waals surface area (Å²) in [4.78, 5) is 11.4. The van der Waals surface area contributed by atoms with Crippen LogP contribution in [-0.4, -0.2) is 17.7 Å². The van der Waals surface area contributed by atoms with Gasteiger partial charge in [-0.1, -0.05) is 0 Å². The molecule has 0 saturated heterocycles. The summed E-state index contributed by atoms with van der Waals surface area (Å²) in [6.45, 7) is 0.00108. The lowest BCUT2D eigenvalue weighted by molar-refractivity contribution is -0.137. The van der Waals surface area contributed by atoms with Crippen LogP contribution in [0.15, 0.2) is 42.5 Å². The van der Waals surface area contributed by atoms with Crippen LogP contribution in [0.25, 0.3) is 5.57 Å². The lowest BCUT2D eigenvalue weighted by Crippen LogP contribution is -2.12. The minimum Gasteiger partial charge on any atom is -0.489 e. The van der Waals surface area contributed by atoms with Crippen LogP contribution in [0.5, 0.6) is 5.75 Å². The minimum atomic E-state index is -4.61. The lowest BCUT2D eigenvalue weighted by Gasteiger charge is -2.21. The third-order valence-corrected chi connectivity index (χ3v) is 3.63. The monoisotopic (exact) mass is 338 g/mol. The summed E-state index contributed by atoms with van der Waals surface area (Å²) in [5, 5.41) is 9.28. The van der Waals surface area contributed by atoms with Crippen molar-refractivity contribution in [1.29, 1.82) is 0 Å². The van der Waals surface area contributed by atoms with E-state index >= 15 is 0 Å². The number of ether oxygens (including phenoxy) is 1. The number of rotatable bonds is 2. The molecule has 0 atom stereocenters. The van der Waals surface area contributed by atoms with Gasteiger partial charge in [-0.25, -0.2) is 9.18 Å². The number of benzene rings is 2. The SMILES string of the molecule is O=C(O)c1ccc(C(F)(F)F)cc1C1=CCOc2cc(F)ccc21. The Hall–Kier alpha value is -2.83. The molecule has 2 aromatic rings. The summed E-state index contributed by atoms with van der Waals surface area (Å²) >= 11 is 0. The van der Waals surface area contributed by atoms with E-state index < -0.39 is 23.5 Å². The maximum absolute atomic E-state index is 13.3. The fraction of sp³-hybridized carbons (Fsp3) is 0.118. The second-order valence-corrected chi connectivity index (χ2v) is 5.13. The van der Waals surface area contributed by atoms with Crippen molar-refractivity contribution in [3.8, 4) is 5.75 Å². The van der Waals surface area contributed by atoms with Gasteiger partial charge in [0.05, 0.1) is 11.1 Å². The normalized spacial score (nSPS) is 13.8. The Morgan fingerprint density at radius 2 is 1.83 bits per heavy atom. The predicted molar refractivity (Wildman–Crippen MR) is 77.4 cm³/mol. The Morgan fingerprint density at radius 3 is 2.50 bits per heavy atom. The van der Waals surface area contributed by atoms with Gasteiger partial charge in [0.15, 0.2) is 0 Å². The van der Waals surface area contributed by atoms with Crippen LogP contribution in [-0.2, 0) is 6.18 Å². The molecule has 3 rings (SSSR count). The molecule has 3 nitrogen and oxygen atoms in total. The molecular weight excluding hydrogens is 328 g/mol. The zero-order chi connectivity index (χ0) is 17.5. The summed E-state index contributed by atoms with van der Waals surface area (Å²) in [6.07, 6.45) is -3.13. The number of carboxylic acid groups (broad SMARTS) is 1. The highest BCUT2D eigenvalue weighted by Crippen LogP contribution is 2.38. The van der Waals surface area contributed by atoms with E-state index in [0.717, 1.165) is 30.3 Å². The Morgan fingerprint density at radius 1 is 1.08 bits per heavy atom. The number of hydrogen-bond donors (Lipinski definition) is 1. The Balaban J connectivity index is 2.22. The molecule has 1 heterocycles. The quantitative estimate of drug-likeness (QED) is 0.827. The molecule has 0 radical (unpaired) electrons. The molecule has 0 aromatic heterocycles.